The Hall–Kier alpha value is -0.860. The predicted octanol–water partition coefficient (Wildman–Crippen LogP) is 1.99. The van der Waals surface area contributed by atoms with Gasteiger partial charge in [-0.25, -0.2) is 0 Å². The van der Waals surface area contributed by atoms with Crippen LogP contribution in [0.25, 0.3) is 0 Å². The van der Waals surface area contributed by atoms with Crippen LogP contribution in [-0.4, -0.2) is 13.1 Å². The van der Waals surface area contributed by atoms with Gasteiger partial charge in [0.15, 0.2) is 0 Å². The van der Waals surface area contributed by atoms with E-state index in [0.29, 0.717) is 6.04 Å². The van der Waals surface area contributed by atoms with Crippen LogP contribution in [-0.2, 0) is 0 Å². The molecule has 0 saturated heterocycles. The normalized spacial score (nSPS) is 12.8. The van der Waals surface area contributed by atoms with Crippen LogP contribution in [0.5, 0.6) is 0 Å². The molecule has 0 fully saturated rings. The maximum Gasteiger partial charge on any atom is 0.0291 e. The van der Waals surface area contributed by atoms with Gasteiger partial charge >= 0.3 is 0 Å². The van der Waals surface area contributed by atoms with Crippen molar-refractivity contribution in [3.8, 4) is 0 Å². The average molecular weight is 192 g/mol. The number of aryl methyl sites for hydroxylation is 1. The summed E-state index contributed by atoms with van der Waals surface area (Å²) in [5.74, 6) is 0. The minimum atomic E-state index is 0.418. The summed E-state index contributed by atoms with van der Waals surface area (Å²) in [7, 11) is 0. The third-order valence-corrected chi connectivity index (χ3v) is 2.37. The van der Waals surface area contributed by atoms with E-state index in [1.165, 1.54) is 11.1 Å². The zero-order chi connectivity index (χ0) is 10.4. The van der Waals surface area contributed by atoms with E-state index in [1.54, 1.807) is 0 Å². The Labute approximate surface area is 86.5 Å². The molecule has 14 heavy (non-hydrogen) atoms. The van der Waals surface area contributed by atoms with Crippen LogP contribution in [0.4, 0.5) is 0 Å². The van der Waals surface area contributed by atoms with Gasteiger partial charge in [0.2, 0.25) is 0 Å². The summed E-state index contributed by atoms with van der Waals surface area (Å²) in [6.45, 7) is 6.06. The fourth-order valence-electron chi connectivity index (χ4n) is 1.48. The van der Waals surface area contributed by atoms with Crippen molar-refractivity contribution in [3.63, 3.8) is 0 Å². The summed E-state index contributed by atoms with van der Waals surface area (Å²) >= 11 is 0. The van der Waals surface area contributed by atoms with Crippen LogP contribution in [0.2, 0.25) is 0 Å². The topological polar surface area (TPSA) is 38.0 Å². The standard InChI is InChI=1S/C12H20N2/c1-10-5-3-6-12(9-10)11(2)14-8-4-7-13/h3,5-6,9,11,14H,4,7-8,13H2,1-2H3/t11-/m0/s1. The zero-order valence-corrected chi connectivity index (χ0v) is 9.09. The number of nitrogens with two attached hydrogens (primary N) is 1. The second-order valence-corrected chi connectivity index (χ2v) is 3.73. The number of hydrogen-bond acceptors (Lipinski definition) is 2. The van der Waals surface area contributed by atoms with Gasteiger partial charge in [-0.1, -0.05) is 29.8 Å². The molecule has 2 heteroatoms. The molecule has 2 nitrogen and oxygen atoms in total. The van der Waals surface area contributed by atoms with Gasteiger partial charge in [-0.15, -0.1) is 0 Å². The van der Waals surface area contributed by atoms with Crippen molar-refractivity contribution < 1.29 is 0 Å². The van der Waals surface area contributed by atoms with Crippen molar-refractivity contribution in [1.82, 2.24) is 5.32 Å². The van der Waals surface area contributed by atoms with Crippen LogP contribution in [0.1, 0.15) is 30.5 Å². The van der Waals surface area contributed by atoms with E-state index >= 15 is 0 Å². The van der Waals surface area contributed by atoms with Gasteiger partial charge in [0, 0.05) is 6.04 Å². The molecule has 3 N–H and O–H groups in total. The smallest absolute Gasteiger partial charge is 0.0291 e. The largest absolute Gasteiger partial charge is 0.330 e. The highest BCUT2D eigenvalue weighted by Crippen LogP contribution is 2.13. The van der Waals surface area contributed by atoms with Crippen LogP contribution in [0.15, 0.2) is 24.3 Å². The first-order valence-electron chi connectivity index (χ1n) is 5.24. The zero-order valence-electron chi connectivity index (χ0n) is 9.09. The van der Waals surface area contributed by atoms with Gasteiger partial charge in [0.1, 0.15) is 0 Å². The van der Waals surface area contributed by atoms with Crippen LogP contribution >= 0.6 is 0 Å². The molecule has 0 bridgehead atoms. The lowest BCUT2D eigenvalue weighted by atomic mass is 10.1. The molecule has 0 aromatic heterocycles. The Bertz CT molecular complexity index is 271. The maximum absolute atomic E-state index is 5.44. The number of benzene rings is 1. The molecule has 0 aliphatic rings. The molecule has 0 unspecified atom stereocenters. The first kappa shape index (κ1) is 11.2. The lowest BCUT2D eigenvalue weighted by Crippen LogP contribution is -2.21. The van der Waals surface area contributed by atoms with Crippen LogP contribution < -0.4 is 11.1 Å². The highest BCUT2D eigenvalue weighted by molar-refractivity contribution is 5.24. The van der Waals surface area contributed by atoms with E-state index in [1.807, 2.05) is 0 Å². The molecule has 0 aliphatic heterocycles. The van der Waals surface area contributed by atoms with Crippen molar-refractivity contribution in [3.05, 3.63) is 35.4 Å². The van der Waals surface area contributed by atoms with Gasteiger partial charge < -0.3 is 11.1 Å². The van der Waals surface area contributed by atoms with E-state index in [4.69, 9.17) is 5.73 Å². The summed E-state index contributed by atoms with van der Waals surface area (Å²) in [6, 6.07) is 9.02. The first-order valence-corrected chi connectivity index (χ1v) is 5.24. The van der Waals surface area contributed by atoms with Gasteiger partial charge in [-0.3, -0.25) is 0 Å². The van der Waals surface area contributed by atoms with Crippen LogP contribution in [0.3, 0.4) is 0 Å². The van der Waals surface area contributed by atoms with E-state index < -0.39 is 0 Å². The Morgan fingerprint density at radius 2 is 2.21 bits per heavy atom. The van der Waals surface area contributed by atoms with Crippen molar-refractivity contribution in [2.45, 2.75) is 26.3 Å². The molecule has 78 valence electrons. The highest BCUT2D eigenvalue weighted by Gasteiger charge is 2.02. The van der Waals surface area contributed by atoms with Crippen molar-refractivity contribution in [2.24, 2.45) is 5.73 Å². The lowest BCUT2D eigenvalue weighted by Gasteiger charge is -2.14. The Morgan fingerprint density at radius 1 is 1.43 bits per heavy atom. The van der Waals surface area contributed by atoms with Crippen LogP contribution in [0, 0.1) is 6.92 Å². The summed E-state index contributed by atoms with van der Waals surface area (Å²) < 4.78 is 0. The van der Waals surface area contributed by atoms with Gasteiger partial charge in [0.25, 0.3) is 0 Å². The maximum atomic E-state index is 5.44. The summed E-state index contributed by atoms with van der Waals surface area (Å²) in [5.41, 5.74) is 8.10. The quantitative estimate of drug-likeness (QED) is 0.700. The number of rotatable bonds is 5. The summed E-state index contributed by atoms with van der Waals surface area (Å²) in [4.78, 5) is 0. The molecule has 0 radical (unpaired) electrons. The second-order valence-electron chi connectivity index (χ2n) is 3.73. The lowest BCUT2D eigenvalue weighted by molar-refractivity contribution is 0.561. The Kier molecular flexibility index (Phi) is 4.63. The molecule has 1 aromatic carbocycles. The summed E-state index contributed by atoms with van der Waals surface area (Å²) in [6.07, 6.45) is 1.04. The number of nitrogens with one attached hydrogen (secondary N) is 1. The molecule has 0 spiro atoms. The molecule has 0 amide bonds. The van der Waals surface area contributed by atoms with Gasteiger partial charge in [-0.05, 0) is 38.9 Å². The SMILES string of the molecule is Cc1cccc([C@H](C)NCCCN)c1. The molecular formula is C12H20N2. The van der Waals surface area contributed by atoms with Crippen molar-refractivity contribution in [1.29, 1.82) is 0 Å². The average Bonchev–Trinajstić information content (AvgIpc) is 2.18. The van der Waals surface area contributed by atoms with E-state index in [9.17, 15) is 0 Å². The van der Waals surface area contributed by atoms with Gasteiger partial charge in [-0.2, -0.15) is 0 Å². The predicted molar refractivity (Wildman–Crippen MR) is 61.3 cm³/mol. The van der Waals surface area contributed by atoms with Gasteiger partial charge in [0.05, 0.1) is 0 Å². The van der Waals surface area contributed by atoms with E-state index in [0.717, 1.165) is 19.5 Å². The molecule has 1 rings (SSSR count). The molecule has 0 saturated carbocycles. The first-order chi connectivity index (χ1) is 6.74. The Balaban J connectivity index is 2.47. The molecule has 1 aromatic rings. The fraction of sp³-hybridized carbons (Fsp3) is 0.500. The molecule has 0 aliphatic carbocycles. The molecule has 0 heterocycles. The van der Waals surface area contributed by atoms with Crippen molar-refractivity contribution in [2.75, 3.05) is 13.1 Å². The third kappa shape index (κ3) is 3.48. The monoisotopic (exact) mass is 192 g/mol. The highest BCUT2D eigenvalue weighted by atomic mass is 14.9. The van der Waals surface area contributed by atoms with E-state index in [-0.39, 0.29) is 0 Å². The molecular weight excluding hydrogens is 172 g/mol. The summed E-state index contributed by atoms with van der Waals surface area (Å²) in [5, 5.41) is 3.45. The van der Waals surface area contributed by atoms with Crippen molar-refractivity contribution >= 4 is 0 Å². The Morgan fingerprint density at radius 3 is 2.86 bits per heavy atom. The second kappa shape index (κ2) is 5.78. The third-order valence-electron chi connectivity index (χ3n) is 2.37. The number of hydrogen-bond donors (Lipinski definition) is 2. The molecule has 1 atom stereocenters. The minimum Gasteiger partial charge on any atom is -0.330 e. The van der Waals surface area contributed by atoms with E-state index in [2.05, 4.69) is 43.4 Å². The fourth-order valence-corrected chi connectivity index (χ4v) is 1.48. The minimum absolute atomic E-state index is 0.418.